The summed E-state index contributed by atoms with van der Waals surface area (Å²) in [7, 11) is 1.72. The van der Waals surface area contributed by atoms with E-state index in [4.69, 9.17) is 0 Å². The van der Waals surface area contributed by atoms with Crippen LogP contribution in [0.25, 0.3) is 0 Å². The molecule has 0 bridgehead atoms. The molecule has 1 atom stereocenters. The Morgan fingerprint density at radius 1 is 1.58 bits per heavy atom. The first-order valence-electron chi connectivity index (χ1n) is 4.15. The van der Waals surface area contributed by atoms with Gasteiger partial charge >= 0.3 is 0 Å². The van der Waals surface area contributed by atoms with Gasteiger partial charge in [0.15, 0.2) is 0 Å². The molecule has 0 spiro atoms. The van der Waals surface area contributed by atoms with Crippen molar-refractivity contribution in [2.24, 2.45) is 5.92 Å². The van der Waals surface area contributed by atoms with Crippen molar-refractivity contribution in [1.82, 2.24) is 4.90 Å². The number of rotatable bonds is 1. The van der Waals surface area contributed by atoms with E-state index in [1.165, 1.54) is 0 Å². The fourth-order valence-electron chi connectivity index (χ4n) is 1.72. The Kier molecular flexibility index (Phi) is 2.52. The maximum absolute atomic E-state index is 13.3. The van der Waals surface area contributed by atoms with Gasteiger partial charge in [0, 0.05) is 5.92 Å². The second-order valence-corrected chi connectivity index (χ2v) is 3.69. The van der Waals surface area contributed by atoms with Crippen LogP contribution in [0.4, 0.5) is 8.78 Å². The zero-order valence-electron chi connectivity index (χ0n) is 7.61. The molecule has 0 N–H and O–H groups in total. The van der Waals surface area contributed by atoms with Gasteiger partial charge in [0.05, 0.1) is 6.54 Å². The van der Waals surface area contributed by atoms with Crippen LogP contribution in [0.3, 0.4) is 0 Å². The third kappa shape index (κ3) is 1.83. The molecule has 1 aliphatic rings. The van der Waals surface area contributed by atoms with Crippen LogP contribution in [0.5, 0.6) is 0 Å². The van der Waals surface area contributed by atoms with Crippen molar-refractivity contribution < 1.29 is 8.78 Å². The van der Waals surface area contributed by atoms with Gasteiger partial charge in [-0.05, 0) is 26.9 Å². The molecule has 0 aromatic heterocycles. The Morgan fingerprint density at radius 3 is 2.58 bits per heavy atom. The summed E-state index contributed by atoms with van der Waals surface area (Å²) in [6, 6.07) is 0. The van der Waals surface area contributed by atoms with Gasteiger partial charge in [-0.3, -0.25) is 0 Å². The first kappa shape index (κ1) is 9.65. The van der Waals surface area contributed by atoms with Gasteiger partial charge in [0.2, 0.25) is 0 Å². The van der Waals surface area contributed by atoms with Crippen LogP contribution in [-0.4, -0.2) is 31.0 Å². The smallest absolute Gasteiger partial charge is 0.266 e. The zero-order valence-corrected chi connectivity index (χ0v) is 7.61. The summed E-state index contributed by atoms with van der Waals surface area (Å²) in [4.78, 5) is 1.67. The molecule has 1 fully saturated rings. The van der Waals surface area contributed by atoms with E-state index in [0.717, 1.165) is 6.54 Å². The fraction of sp³-hybridized carbons (Fsp3) is 0.778. The Bertz CT molecular complexity index is 189. The highest BCUT2D eigenvalue weighted by Gasteiger charge is 2.43. The number of allylic oxidation sites excluding steroid dienone is 1. The van der Waals surface area contributed by atoms with E-state index in [2.05, 4.69) is 6.58 Å². The van der Waals surface area contributed by atoms with Crippen molar-refractivity contribution >= 4 is 0 Å². The van der Waals surface area contributed by atoms with E-state index in [0.29, 0.717) is 12.0 Å². The van der Waals surface area contributed by atoms with Crippen LogP contribution >= 0.6 is 0 Å². The summed E-state index contributed by atoms with van der Waals surface area (Å²) in [6.45, 7) is 5.89. The van der Waals surface area contributed by atoms with Crippen molar-refractivity contribution in [2.45, 2.75) is 19.3 Å². The molecule has 0 aromatic rings. The lowest BCUT2D eigenvalue weighted by Crippen LogP contribution is -2.47. The maximum Gasteiger partial charge on any atom is 0.266 e. The van der Waals surface area contributed by atoms with E-state index in [-0.39, 0.29) is 6.54 Å². The molecule has 0 aromatic carbocycles. The molecule has 1 nitrogen and oxygen atoms in total. The topological polar surface area (TPSA) is 3.24 Å². The molecule has 3 heteroatoms. The Labute approximate surface area is 72.1 Å². The quantitative estimate of drug-likeness (QED) is 0.552. The molecule has 1 heterocycles. The van der Waals surface area contributed by atoms with Gasteiger partial charge in [-0.25, -0.2) is 8.78 Å². The van der Waals surface area contributed by atoms with E-state index in [1.807, 2.05) is 0 Å². The third-order valence-electron chi connectivity index (χ3n) is 2.38. The number of hydrogen-bond donors (Lipinski definition) is 0. The first-order valence-corrected chi connectivity index (χ1v) is 4.15. The van der Waals surface area contributed by atoms with Crippen LogP contribution in [0, 0.1) is 5.92 Å². The number of piperidine rings is 1. The Morgan fingerprint density at radius 2 is 2.17 bits per heavy atom. The summed E-state index contributed by atoms with van der Waals surface area (Å²) in [6.07, 6.45) is 0.527. The van der Waals surface area contributed by atoms with E-state index in [1.54, 1.807) is 18.9 Å². The molecule has 0 aliphatic carbocycles. The lowest BCUT2D eigenvalue weighted by molar-refractivity contribution is -0.0919. The van der Waals surface area contributed by atoms with Crippen LogP contribution in [0.15, 0.2) is 12.2 Å². The minimum absolute atomic E-state index is 0.134. The van der Waals surface area contributed by atoms with Gasteiger partial charge in [0.1, 0.15) is 0 Å². The summed E-state index contributed by atoms with van der Waals surface area (Å²) in [5.41, 5.74) is 0.605. The Hall–Kier alpha value is -0.440. The van der Waals surface area contributed by atoms with Crippen molar-refractivity contribution in [3.05, 3.63) is 12.2 Å². The maximum atomic E-state index is 13.3. The molecule has 1 aliphatic heterocycles. The molecule has 70 valence electrons. The van der Waals surface area contributed by atoms with Crippen molar-refractivity contribution in [3.63, 3.8) is 0 Å². The number of nitrogens with zero attached hydrogens (tertiary/aromatic N) is 1. The lowest BCUT2D eigenvalue weighted by Gasteiger charge is -2.36. The minimum atomic E-state index is -2.58. The average Bonchev–Trinajstić information content (AvgIpc) is 1.82. The minimum Gasteiger partial charge on any atom is -0.301 e. The molecular weight excluding hydrogens is 160 g/mol. The van der Waals surface area contributed by atoms with Crippen LogP contribution in [0.1, 0.15) is 13.3 Å². The molecule has 0 radical (unpaired) electrons. The average molecular weight is 175 g/mol. The molecule has 1 unspecified atom stereocenters. The van der Waals surface area contributed by atoms with Gasteiger partial charge in [-0.15, -0.1) is 0 Å². The number of alkyl halides is 2. The SMILES string of the molecule is C=C(C)C1CCN(C)CC1(F)F. The highest BCUT2D eigenvalue weighted by atomic mass is 19.3. The summed E-state index contributed by atoms with van der Waals surface area (Å²) < 4.78 is 26.5. The van der Waals surface area contributed by atoms with Gasteiger partial charge < -0.3 is 4.90 Å². The molecule has 1 rings (SSSR count). The second-order valence-electron chi connectivity index (χ2n) is 3.69. The second kappa shape index (κ2) is 3.13. The molecule has 0 amide bonds. The van der Waals surface area contributed by atoms with E-state index >= 15 is 0 Å². The highest BCUT2D eigenvalue weighted by molar-refractivity contribution is 5.05. The normalized spacial score (nSPS) is 30.2. The zero-order chi connectivity index (χ0) is 9.35. The largest absolute Gasteiger partial charge is 0.301 e. The molecule has 12 heavy (non-hydrogen) atoms. The molecular formula is C9H15F2N. The fourth-order valence-corrected chi connectivity index (χ4v) is 1.72. The predicted octanol–water partition coefficient (Wildman–Crippen LogP) is 2.15. The third-order valence-corrected chi connectivity index (χ3v) is 2.38. The van der Waals surface area contributed by atoms with E-state index < -0.39 is 11.8 Å². The van der Waals surface area contributed by atoms with Crippen LogP contribution in [-0.2, 0) is 0 Å². The van der Waals surface area contributed by atoms with E-state index in [9.17, 15) is 8.78 Å². The molecule has 0 saturated carbocycles. The lowest BCUT2D eigenvalue weighted by atomic mass is 9.88. The Balaban J connectivity index is 2.70. The number of hydrogen-bond acceptors (Lipinski definition) is 1. The van der Waals surface area contributed by atoms with Crippen LogP contribution < -0.4 is 0 Å². The standard InChI is InChI=1S/C9H15F2N/c1-7(2)8-4-5-12(3)6-9(8,10)11/h8H,1,4-6H2,2-3H3. The van der Waals surface area contributed by atoms with Crippen molar-refractivity contribution in [2.75, 3.05) is 20.1 Å². The van der Waals surface area contributed by atoms with Crippen molar-refractivity contribution in [3.8, 4) is 0 Å². The number of likely N-dealkylation sites (tertiary alicyclic amines) is 1. The van der Waals surface area contributed by atoms with Gasteiger partial charge in [-0.1, -0.05) is 12.2 Å². The monoisotopic (exact) mass is 175 g/mol. The summed E-state index contributed by atoms with van der Waals surface area (Å²) in [5.74, 6) is -3.20. The van der Waals surface area contributed by atoms with Gasteiger partial charge in [-0.2, -0.15) is 0 Å². The predicted molar refractivity (Wildman–Crippen MR) is 45.4 cm³/mol. The van der Waals surface area contributed by atoms with Crippen molar-refractivity contribution in [1.29, 1.82) is 0 Å². The highest BCUT2D eigenvalue weighted by Crippen LogP contribution is 2.36. The molecule has 1 saturated heterocycles. The summed E-state index contributed by atoms with van der Waals surface area (Å²) >= 11 is 0. The number of halogens is 2. The first-order chi connectivity index (χ1) is 5.43. The summed E-state index contributed by atoms with van der Waals surface area (Å²) in [5, 5.41) is 0. The van der Waals surface area contributed by atoms with Crippen LogP contribution in [0.2, 0.25) is 0 Å². The van der Waals surface area contributed by atoms with Gasteiger partial charge in [0.25, 0.3) is 5.92 Å².